The SMILES string of the molecule is CC1CCc2c(sc(NC(=O)C3CCCN(S(=O)(=O)c4cccs4)C3)c2C#N)C1. The first-order chi connectivity index (χ1) is 13.9. The molecule has 0 radical (unpaired) electrons. The highest BCUT2D eigenvalue weighted by atomic mass is 32.2. The zero-order valence-corrected chi connectivity index (χ0v) is 18.6. The predicted molar refractivity (Wildman–Crippen MR) is 115 cm³/mol. The lowest BCUT2D eigenvalue weighted by atomic mass is 9.88. The van der Waals surface area contributed by atoms with Gasteiger partial charge in [-0.15, -0.1) is 22.7 Å². The van der Waals surface area contributed by atoms with Crippen LogP contribution in [-0.2, 0) is 27.7 Å². The molecular formula is C20H23N3O3S3. The molecular weight excluding hydrogens is 426 g/mol. The van der Waals surface area contributed by atoms with Gasteiger partial charge in [0.25, 0.3) is 10.0 Å². The van der Waals surface area contributed by atoms with Crippen molar-refractivity contribution in [3.8, 4) is 6.07 Å². The van der Waals surface area contributed by atoms with Crippen LogP contribution in [0.2, 0.25) is 0 Å². The van der Waals surface area contributed by atoms with Crippen LogP contribution < -0.4 is 5.32 Å². The summed E-state index contributed by atoms with van der Waals surface area (Å²) >= 11 is 2.69. The highest BCUT2D eigenvalue weighted by Gasteiger charge is 2.34. The van der Waals surface area contributed by atoms with Crippen molar-refractivity contribution < 1.29 is 13.2 Å². The number of nitriles is 1. The average Bonchev–Trinajstić information content (AvgIpc) is 3.35. The zero-order valence-electron chi connectivity index (χ0n) is 16.2. The van der Waals surface area contributed by atoms with Crippen LogP contribution in [0.5, 0.6) is 0 Å². The molecule has 0 saturated carbocycles. The number of nitrogens with one attached hydrogen (secondary N) is 1. The molecule has 6 nitrogen and oxygen atoms in total. The summed E-state index contributed by atoms with van der Waals surface area (Å²) in [5.74, 6) is -0.0205. The lowest BCUT2D eigenvalue weighted by molar-refractivity contribution is -0.120. The molecule has 2 aliphatic rings. The van der Waals surface area contributed by atoms with Crippen LogP contribution in [0.4, 0.5) is 5.00 Å². The predicted octanol–water partition coefficient (Wildman–Crippen LogP) is 3.85. The number of carbonyl (C=O) groups excluding carboxylic acids is 1. The van der Waals surface area contributed by atoms with Gasteiger partial charge in [0.1, 0.15) is 15.3 Å². The summed E-state index contributed by atoms with van der Waals surface area (Å²) < 4.78 is 27.3. The van der Waals surface area contributed by atoms with Crippen LogP contribution in [0.3, 0.4) is 0 Å². The van der Waals surface area contributed by atoms with Gasteiger partial charge in [0.05, 0.1) is 11.5 Å². The second-order valence-corrected chi connectivity index (χ2v) is 12.0. The molecule has 3 heterocycles. The van der Waals surface area contributed by atoms with Crippen molar-refractivity contribution in [2.45, 2.75) is 43.2 Å². The number of sulfonamides is 1. The Morgan fingerprint density at radius 3 is 2.93 bits per heavy atom. The van der Waals surface area contributed by atoms with Gasteiger partial charge in [-0.25, -0.2) is 8.42 Å². The van der Waals surface area contributed by atoms with Crippen molar-refractivity contribution >= 4 is 43.6 Å². The number of hydrogen-bond donors (Lipinski definition) is 1. The molecule has 0 bridgehead atoms. The summed E-state index contributed by atoms with van der Waals surface area (Å²) in [6.07, 6.45) is 4.17. The lowest BCUT2D eigenvalue weighted by Gasteiger charge is -2.30. The first-order valence-electron chi connectivity index (χ1n) is 9.79. The molecule has 154 valence electrons. The molecule has 9 heteroatoms. The molecule has 1 aliphatic carbocycles. The monoisotopic (exact) mass is 449 g/mol. The van der Waals surface area contributed by atoms with E-state index in [1.165, 1.54) is 31.9 Å². The van der Waals surface area contributed by atoms with Crippen LogP contribution >= 0.6 is 22.7 Å². The van der Waals surface area contributed by atoms with E-state index in [2.05, 4.69) is 18.3 Å². The fraction of sp³-hybridized carbons (Fsp3) is 0.500. The first kappa shape index (κ1) is 20.5. The number of piperidine rings is 1. The lowest BCUT2D eigenvalue weighted by Crippen LogP contribution is -2.43. The molecule has 1 amide bonds. The summed E-state index contributed by atoms with van der Waals surface area (Å²) in [7, 11) is -3.56. The summed E-state index contributed by atoms with van der Waals surface area (Å²) in [4.78, 5) is 14.1. The van der Waals surface area contributed by atoms with E-state index in [0.717, 1.165) is 24.8 Å². The van der Waals surface area contributed by atoms with Gasteiger partial charge in [-0.05, 0) is 55.0 Å². The van der Waals surface area contributed by atoms with Gasteiger partial charge in [0.15, 0.2) is 0 Å². The molecule has 4 rings (SSSR count). The number of carbonyl (C=O) groups is 1. The number of nitrogens with zero attached hydrogens (tertiary/aromatic N) is 2. The second-order valence-electron chi connectivity index (χ2n) is 7.79. The third kappa shape index (κ3) is 3.99. The van der Waals surface area contributed by atoms with Gasteiger partial charge >= 0.3 is 0 Å². The Morgan fingerprint density at radius 2 is 2.21 bits per heavy atom. The maximum Gasteiger partial charge on any atom is 0.252 e. The Labute approximate surface area is 179 Å². The van der Waals surface area contributed by atoms with Gasteiger partial charge < -0.3 is 5.32 Å². The molecule has 2 unspecified atom stereocenters. The van der Waals surface area contributed by atoms with E-state index < -0.39 is 15.9 Å². The maximum absolute atomic E-state index is 12.9. The molecule has 1 fully saturated rings. The molecule has 2 aromatic heterocycles. The van der Waals surface area contributed by atoms with Crippen LogP contribution in [0.15, 0.2) is 21.7 Å². The van der Waals surface area contributed by atoms with Crippen LogP contribution in [-0.4, -0.2) is 31.7 Å². The van der Waals surface area contributed by atoms with Crippen molar-refractivity contribution in [1.29, 1.82) is 5.26 Å². The van der Waals surface area contributed by atoms with E-state index in [4.69, 9.17) is 0 Å². The smallest absolute Gasteiger partial charge is 0.252 e. The molecule has 1 N–H and O–H groups in total. The van der Waals surface area contributed by atoms with Crippen LogP contribution in [0, 0.1) is 23.2 Å². The topological polar surface area (TPSA) is 90.3 Å². The van der Waals surface area contributed by atoms with E-state index in [9.17, 15) is 18.5 Å². The van der Waals surface area contributed by atoms with Gasteiger partial charge in [0.2, 0.25) is 5.91 Å². The zero-order chi connectivity index (χ0) is 20.6. The van der Waals surface area contributed by atoms with Gasteiger partial charge in [-0.1, -0.05) is 13.0 Å². The molecule has 1 aliphatic heterocycles. The number of thiophene rings is 2. The summed E-state index contributed by atoms with van der Waals surface area (Å²) in [5.41, 5.74) is 1.67. The van der Waals surface area contributed by atoms with Crippen molar-refractivity contribution in [2.24, 2.45) is 11.8 Å². The van der Waals surface area contributed by atoms with Gasteiger partial charge in [-0.2, -0.15) is 9.57 Å². The van der Waals surface area contributed by atoms with E-state index >= 15 is 0 Å². The molecule has 0 spiro atoms. The number of rotatable bonds is 4. The first-order valence-corrected chi connectivity index (χ1v) is 12.9. The molecule has 29 heavy (non-hydrogen) atoms. The fourth-order valence-corrected chi connectivity index (χ4v) is 8.12. The third-order valence-electron chi connectivity index (χ3n) is 5.70. The molecule has 2 aromatic rings. The Morgan fingerprint density at radius 1 is 1.38 bits per heavy atom. The highest BCUT2D eigenvalue weighted by Crippen LogP contribution is 2.39. The normalized spacial score (nSPS) is 22.6. The summed E-state index contributed by atoms with van der Waals surface area (Å²) in [6, 6.07) is 5.58. The second kappa shape index (κ2) is 8.19. The van der Waals surface area contributed by atoms with Crippen molar-refractivity contribution in [3.05, 3.63) is 33.5 Å². The van der Waals surface area contributed by atoms with E-state index in [1.54, 1.807) is 17.5 Å². The molecule has 2 atom stereocenters. The Balaban J connectivity index is 1.50. The minimum absolute atomic E-state index is 0.177. The van der Waals surface area contributed by atoms with Crippen LogP contribution in [0.25, 0.3) is 0 Å². The number of hydrogen-bond acceptors (Lipinski definition) is 6. The standard InChI is InChI=1S/C20H23N3O3S3/c1-13-6-7-15-16(11-21)20(28-17(15)10-13)22-19(24)14-4-2-8-23(12-14)29(25,26)18-5-3-9-27-18/h3,5,9,13-14H,2,4,6-8,10,12H2,1H3,(H,22,24). The van der Waals surface area contributed by atoms with Crippen LogP contribution in [0.1, 0.15) is 42.2 Å². The van der Waals surface area contributed by atoms with Crippen molar-refractivity contribution in [3.63, 3.8) is 0 Å². The number of anilines is 1. The van der Waals surface area contributed by atoms with E-state index in [0.29, 0.717) is 40.1 Å². The number of amides is 1. The van der Waals surface area contributed by atoms with Crippen molar-refractivity contribution in [2.75, 3.05) is 18.4 Å². The fourth-order valence-electron chi connectivity index (χ4n) is 4.08. The van der Waals surface area contributed by atoms with E-state index in [-0.39, 0.29) is 12.5 Å². The minimum atomic E-state index is -3.56. The maximum atomic E-state index is 12.9. The largest absolute Gasteiger partial charge is 0.316 e. The van der Waals surface area contributed by atoms with Gasteiger partial charge in [-0.3, -0.25) is 4.79 Å². The Hall–Kier alpha value is -1.73. The number of fused-ring (bicyclic) bond motifs is 1. The van der Waals surface area contributed by atoms with Gasteiger partial charge in [0, 0.05) is 18.0 Å². The van der Waals surface area contributed by atoms with E-state index in [1.807, 2.05) is 0 Å². The Bertz CT molecular complexity index is 1050. The highest BCUT2D eigenvalue weighted by molar-refractivity contribution is 7.91. The minimum Gasteiger partial charge on any atom is -0.316 e. The molecule has 1 saturated heterocycles. The molecule has 0 aromatic carbocycles. The summed E-state index contributed by atoms with van der Waals surface area (Å²) in [6.45, 7) is 2.81. The Kier molecular flexibility index (Phi) is 5.80. The summed E-state index contributed by atoms with van der Waals surface area (Å²) in [5, 5.41) is 14.9. The third-order valence-corrected chi connectivity index (χ3v) is 10.1. The quantitative estimate of drug-likeness (QED) is 0.768. The van der Waals surface area contributed by atoms with Crippen molar-refractivity contribution in [1.82, 2.24) is 4.31 Å². The average molecular weight is 450 g/mol.